The summed E-state index contributed by atoms with van der Waals surface area (Å²) in [6.45, 7) is 0. The summed E-state index contributed by atoms with van der Waals surface area (Å²) >= 11 is 3.13. The number of carbonyl (C=O) groups is 1. The Labute approximate surface area is 96.0 Å². The van der Waals surface area contributed by atoms with Gasteiger partial charge in [-0.1, -0.05) is 22.0 Å². The first-order valence-corrected chi connectivity index (χ1v) is 6.84. The first kappa shape index (κ1) is 12.2. The second kappa shape index (κ2) is 4.32. The molecule has 0 aliphatic heterocycles. The van der Waals surface area contributed by atoms with Gasteiger partial charge in [-0.25, -0.2) is 13.2 Å². The van der Waals surface area contributed by atoms with E-state index in [1.807, 2.05) is 0 Å². The van der Waals surface area contributed by atoms with Crippen molar-refractivity contribution in [2.75, 3.05) is 6.26 Å². The molecule has 1 aromatic carbocycles. The molecule has 0 heterocycles. The minimum atomic E-state index is -3.22. The summed E-state index contributed by atoms with van der Waals surface area (Å²) in [6, 6.07) is 4.50. The van der Waals surface area contributed by atoms with Crippen LogP contribution in [0.15, 0.2) is 22.7 Å². The van der Waals surface area contributed by atoms with Crippen molar-refractivity contribution in [3.63, 3.8) is 0 Å². The Balaban J connectivity index is 3.24. The molecular weight excluding hydrogens is 284 g/mol. The fourth-order valence-electron chi connectivity index (χ4n) is 1.16. The van der Waals surface area contributed by atoms with Gasteiger partial charge >= 0.3 is 5.97 Å². The third kappa shape index (κ3) is 3.64. The molecule has 0 amide bonds. The lowest BCUT2D eigenvalue weighted by Crippen LogP contribution is -2.07. The van der Waals surface area contributed by atoms with Gasteiger partial charge in [-0.05, 0) is 17.7 Å². The van der Waals surface area contributed by atoms with Crippen molar-refractivity contribution in [3.05, 3.63) is 33.8 Å². The highest BCUT2D eigenvalue weighted by Gasteiger charge is 2.14. The van der Waals surface area contributed by atoms with Gasteiger partial charge in [0.2, 0.25) is 0 Å². The Bertz CT molecular complexity index is 493. The zero-order valence-corrected chi connectivity index (χ0v) is 10.3. The van der Waals surface area contributed by atoms with Gasteiger partial charge in [0.05, 0.1) is 11.3 Å². The van der Waals surface area contributed by atoms with Gasteiger partial charge in [0.25, 0.3) is 0 Å². The molecule has 1 rings (SSSR count). The Morgan fingerprint density at radius 3 is 2.53 bits per heavy atom. The molecule has 0 atom stereocenters. The van der Waals surface area contributed by atoms with Crippen LogP contribution in [0.25, 0.3) is 0 Å². The van der Waals surface area contributed by atoms with Crippen LogP contribution in [-0.2, 0) is 15.6 Å². The summed E-state index contributed by atoms with van der Waals surface area (Å²) in [5, 5.41) is 8.87. The van der Waals surface area contributed by atoms with E-state index in [1.54, 1.807) is 6.07 Å². The molecule has 82 valence electrons. The SMILES string of the molecule is CS(=O)(=O)Cc1ccc(Br)cc1C(=O)O. The highest BCUT2D eigenvalue weighted by atomic mass is 79.9. The van der Waals surface area contributed by atoms with Crippen molar-refractivity contribution < 1.29 is 18.3 Å². The summed E-state index contributed by atoms with van der Waals surface area (Å²) in [5.41, 5.74) is 0.308. The van der Waals surface area contributed by atoms with E-state index in [-0.39, 0.29) is 11.3 Å². The topological polar surface area (TPSA) is 71.4 Å². The minimum absolute atomic E-state index is 0.00907. The van der Waals surface area contributed by atoms with E-state index in [1.165, 1.54) is 12.1 Å². The molecule has 0 spiro atoms. The van der Waals surface area contributed by atoms with Gasteiger partial charge < -0.3 is 5.11 Å². The van der Waals surface area contributed by atoms with Crippen LogP contribution >= 0.6 is 15.9 Å². The van der Waals surface area contributed by atoms with Crippen LogP contribution in [0.3, 0.4) is 0 Å². The molecule has 0 bridgehead atoms. The molecule has 0 radical (unpaired) electrons. The van der Waals surface area contributed by atoms with Crippen molar-refractivity contribution >= 4 is 31.7 Å². The summed E-state index contributed by atoms with van der Waals surface area (Å²) in [6.07, 6.45) is 1.07. The number of carboxylic acid groups (broad SMARTS) is 1. The summed E-state index contributed by atoms with van der Waals surface area (Å²) < 4.78 is 22.7. The fraction of sp³-hybridized carbons (Fsp3) is 0.222. The quantitative estimate of drug-likeness (QED) is 0.920. The Kier molecular flexibility index (Phi) is 3.51. The highest BCUT2D eigenvalue weighted by Crippen LogP contribution is 2.18. The van der Waals surface area contributed by atoms with E-state index >= 15 is 0 Å². The minimum Gasteiger partial charge on any atom is -0.478 e. The number of benzene rings is 1. The summed E-state index contributed by atoms with van der Waals surface area (Å²) in [4.78, 5) is 10.8. The number of hydrogen-bond donors (Lipinski definition) is 1. The molecule has 0 unspecified atom stereocenters. The Morgan fingerprint density at radius 2 is 2.07 bits per heavy atom. The predicted molar refractivity (Wildman–Crippen MR) is 59.6 cm³/mol. The van der Waals surface area contributed by atoms with Crippen LogP contribution in [0, 0.1) is 0 Å². The molecule has 0 fully saturated rings. The normalized spacial score (nSPS) is 11.3. The van der Waals surface area contributed by atoms with Gasteiger partial charge in [-0.3, -0.25) is 0 Å². The molecule has 15 heavy (non-hydrogen) atoms. The van der Waals surface area contributed by atoms with Crippen LogP contribution in [0.5, 0.6) is 0 Å². The van der Waals surface area contributed by atoms with E-state index < -0.39 is 15.8 Å². The van der Waals surface area contributed by atoms with Crippen molar-refractivity contribution in [1.29, 1.82) is 0 Å². The van der Waals surface area contributed by atoms with E-state index in [0.717, 1.165) is 6.26 Å². The van der Waals surface area contributed by atoms with Gasteiger partial charge in [0.15, 0.2) is 9.84 Å². The predicted octanol–water partition coefficient (Wildman–Crippen LogP) is 1.69. The average molecular weight is 293 g/mol. The van der Waals surface area contributed by atoms with Crippen molar-refractivity contribution in [2.45, 2.75) is 5.75 Å². The van der Waals surface area contributed by atoms with Crippen LogP contribution in [0.1, 0.15) is 15.9 Å². The number of halogens is 1. The lowest BCUT2D eigenvalue weighted by atomic mass is 10.1. The lowest BCUT2D eigenvalue weighted by molar-refractivity contribution is 0.0696. The maximum absolute atomic E-state index is 11.1. The standard InChI is InChI=1S/C9H9BrO4S/c1-15(13,14)5-6-2-3-7(10)4-8(6)9(11)12/h2-4H,5H2,1H3,(H,11,12). The number of sulfone groups is 1. The lowest BCUT2D eigenvalue weighted by Gasteiger charge is -2.05. The van der Waals surface area contributed by atoms with Crippen molar-refractivity contribution in [3.8, 4) is 0 Å². The monoisotopic (exact) mass is 292 g/mol. The zero-order chi connectivity index (χ0) is 11.6. The van der Waals surface area contributed by atoms with Crippen molar-refractivity contribution in [2.24, 2.45) is 0 Å². The van der Waals surface area contributed by atoms with E-state index in [0.29, 0.717) is 10.0 Å². The number of hydrogen-bond acceptors (Lipinski definition) is 3. The first-order chi connectivity index (χ1) is 6.79. The van der Waals surface area contributed by atoms with Crippen molar-refractivity contribution in [1.82, 2.24) is 0 Å². The molecule has 6 heteroatoms. The Hall–Kier alpha value is -0.880. The molecular formula is C9H9BrO4S. The number of rotatable bonds is 3. The van der Waals surface area contributed by atoms with Crippen LogP contribution in [0.2, 0.25) is 0 Å². The third-order valence-corrected chi connectivity index (χ3v) is 3.05. The molecule has 0 aromatic heterocycles. The zero-order valence-electron chi connectivity index (χ0n) is 7.90. The summed E-state index contributed by atoms with van der Waals surface area (Å²) in [7, 11) is -3.22. The molecule has 1 N–H and O–H groups in total. The van der Waals surface area contributed by atoms with E-state index in [2.05, 4.69) is 15.9 Å². The van der Waals surface area contributed by atoms with Gasteiger partial charge in [0, 0.05) is 10.7 Å². The Morgan fingerprint density at radius 1 is 1.47 bits per heavy atom. The fourth-order valence-corrected chi connectivity index (χ4v) is 2.33. The first-order valence-electron chi connectivity index (χ1n) is 3.99. The molecule has 4 nitrogen and oxygen atoms in total. The number of aromatic carboxylic acids is 1. The van der Waals surface area contributed by atoms with Gasteiger partial charge in [-0.15, -0.1) is 0 Å². The molecule has 0 aliphatic carbocycles. The third-order valence-electron chi connectivity index (χ3n) is 1.72. The second-order valence-electron chi connectivity index (χ2n) is 3.18. The smallest absolute Gasteiger partial charge is 0.336 e. The van der Waals surface area contributed by atoms with Gasteiger partial charge in [-0.2, -0.15) is 0 Å². The van der Waals surface area contributed by atoms with E-state index in [4.69, 9.17) is 5.11 Å². The van der Waals surface area contributed by atoms with Gasteiger partial charge in [0.1, 0.15) is 0 Å². The largest absolute Gasteiger partial charge is 0.478 e. The molecule has 1 aromatic rings. The number of carboxylic acids is 1. The highest BCUT2D eigenvalue weighted by molar-refractivity contribution is 9.10. The molecule has 0 saturated heterocycles. The maximum atomic E-state index is 11.1. The van der Waals surface area contributed by atoms with Crippen LogP contribution < -0.4 is 0 Å². The molecule has 0 saturated carbocycles. The molecule has 0 aliphatic rings. The maximum Gasteiger partial charge on any atom is 0.336 e. The average Bonchev–Trinajstić information content (AvgIpc) is 2.05. The van der Waals surface area contributed by atoms with E-state index in [9.17, 15) is 13.2 Å². The second-order valence-corrected chi connectivity index (χ2v) is 6.23. The van der Waals surface area contributed by atoms with Crippen LogP contribution in [0.4, 0.5) is 0 Å². The summed E-state index contributed by atoms with van der Waals surface area (Å²) in [5.74, 6) is -1.39. The van der Waals surface area contributed by atoms with Crippen LogP contribution in [-0.4, -0.2) is 25.7 Å².